The van der Waals surface area contributed by atoms with Crippen molar-refractivity contribution in [3.63, 3.8) is 0 Å². The second kappa shape index (κ2) is 4.76. The van der Waals surface area contributed by atoms with Crippen LogP contribution in [0, 0.1) is 5.92 Å². The van der Waals surface area contributed by atoms with Crippen LogP contribution in [0.25, 0.3) is 0 Å². The number of nitrogens with zero attached hydrogens (tertiary/aromatic N) is 2. The Morgan fingerprint density at radius 2 is 1.91 bits per heavy atom. The van der Waals surface area contributed by atoms with Gasteiger partial charge in [0.2, 0.25) is 5.91 Å². The number of amides is 2. The molecule has 0 saturated carbocycles. The molecule has 2 amide bonds. The number of carbonyl (C=O) groups excluding carboxylic acids is 2. The fourth-order valence-electron chi connectivity index (χ4n) is 3.68. The quantitative estimate of drug-likeness (QED) is 0.743. The van der Waals surface area contributed by atoms with Gasteiger partial charge in [0, 0.05) is 11.2 Å². The Morgan fingerprint density at radius 3 is 2.61 bits per heavy atom. The van der Waals surface area contributed by atoms with Gasteiger partial charge in [-0.25, -0.2) is 4.90 Å². The number of carbonyl (C=O) groups is 2. The van der Waals surface area contributed by atoms with Gasteiger partial charge < -0.3 is 4.74 Å². The summed E-state index contributed by atoms with van der Waals surface area (Å²) in [6.45, 7) is 3.80. The maximum Gasteiger partial charge on any atom is 0.263 e. The summed E-state index contributed by atoms with van der Waals surface area (Å²) in [5.74, 6) is -1.18. The number of hydrogen-bond acceptors (Lipinski definition) is 4. The van der Waals surface area contributed by atoms with Crippen molar-refractivity contribution in [3.8, 4) is 0 Å². The molecule has 0 radical (unpaired) electrons. The molecule has 3 aliphatic rings. The molecule has 0 bridgehead atoms. The van der Waals surface area contributed by atoms with Crippen molar-refractivity contribution in [2.75, 3.05) is 4.90 Å². The number of anilines is 1. The van der Waals surface area contributed by atoms with E-state index in [0.717, 1.165) is 5.57 Å². The standard InChI is InChI=1S/C17H15ClN2O3/c1-9-7-17(2)14(19-8-9)12-13(23-17)16(22)20(15(12)21)11-5-3-10(18)4-6-11/h3-8,12-14H,1-2H3/t12-,13+,14+,17+/m0/s1. The van der Waals surface area contributed by atoms with Gasteiger partial charge in [-0.15, -0.1) is 0 Å². The van der Waals surface area contributed by atoms with Crippen LogP contribution in [0.4, 0.5) is 5.69 Å². The first-order chi connectivity index (χ1) is 10.9. The molecule has 118 valence electrons. The SMILES string of the molecule is CC1=C[C@@]2(C)O[C@H]3C(=O)N(c4ccc(Cl)cc4)C(=O)[C@@H]3[C@H]2N=C1. The lowest BCUT2D eigenvalue weighted by Gasteiger charge is -2.30. The van der Waals surface area contributed by atoms with Gasteiger partial charge in [0.05, 0.1) is 17.6 Å². The third kappa shape index (κ3) is 2.00. The summed E-state index contributed by atoms with van der Waals surface area (Å²) >= 11 is 5.87. The third-order valence-corrected chi connectivity index (χ3v) is 4.89. The lowest BCUT2D eigenvalue weighted by molar-refractivity contribution is -0.129. The zero-order valence-electron chi connectivity index (χ0n) is 12.7. The molecule has 0 aliphatic carbocycles. The zero-order valence-corrected chi connectivity index (χ0v) is 13.4. The van der Waals surface area contributed by atoms with Gasteiger partial charge in [0.1, 0.15) is 5.60 Å². The molecule has 6 heteroatoms. The highest BCUT2D eigenvalue weighted by Gasteiger charge is 2.63. The number of imide groups is 1. The smallest absolute Gasteiger partial charge is 0.263 e. The van der Waals surface area contributed by atoms with Crippen molar-refractivity contribution >= 4 is 35.3 Å². The summed E-state index contributed by atoms with van der Waals surface area (Å²) in [5.41, 5.74) is 0.778. The molecule has 4 rings (SSSR count). The van der Waals surface area contributed by atoms with Crippen molar-refractivity contribution in [1.82, 2.24) is 0 Å². The Hall–Kier alpha value is -1.98. The van der Waals surface area contributed by atoms with Gasteiger partial charge in [-0.2, -0.15) is 0 Å². The number of benzene rings is 1. The lowest BCUT2D eigenvalue weighted by Crippen LogP contribution is -2.43. The highest BCUT2D eigenvalue weighted by Crippen LogP contribution is 2.46. The summed E-state index contributed by atoms with van der Waals surface area (Å²) in [6.07, 6.45) is 2.89. The molecular formula is C17H15ClN2O3. The van der Waals surface area contributed by atoms with Crippen LogP contribution < -0.4 is 4.90 Å². The molecule has 4 atom stereocenters. The molecule has 0 spiro atoms. The number of hydrogen-bond donors (Lipinski definition) is 0. The van der Waals surface area contributed by atoms with Crippen LogP contribution in [0.3, 0.4) is 0 Å². The van der Waals surface area contributed by atoms with Crippen molar-refractivity contribution in [3.05, 3.63) is 40.9 Å². The van der Waals surface area contributed by atoms with Gasteiger partial charge in [-0.05, 0) is 49.8 Å². The van der Waals surface area contributed by atoms with Crippen LogP contribution in [0.15, 0.2) is 40.9 Å². The Morgan fingerprint density at radius 1 is 1.22 bits per heavy atom. The highest BCUT2D eigenvalue weighted by atomic mass is 35.5. The number of fused-ring (bicyclic) bond motifs is 3. The van der Waals surface area contributed by atoms with Crippen LogP contribution in [-0.2, 0) is 14.3 Å². The molecule has 2 saturated heterocycles. The molecule has 2 fully saturated rings. The number of rotatable bonds is 1. The predicted molar refractivity (Wildman–Crippen MR) is 86.8 cm³/mol. The van der Waals surface area contributed by atoms with E-state index in [2.05, 4.69) is 4.99 Å². The van der Waals surface area contributed by atoms with E-state index in [1.807, 2.05) is 19.9 Å². The van der Waals surface area contributed by atoms with E-state index in [0.29, 0.717) is 10.7 Å². The van der Waals surface area contributed by atoms with Crippen LogP contribution in [0.1, 0.15) is 13.8 Å². The summed E-state index contributed by atoms with van der Waals surface area (Å²) in [7, 11) is 0. The average molecular weight is 331 g/mol. The Kier molecular flexibility index (Phi) is 3.02. The second-order valence-electron chi connectivity index (χ2n) is 6.35. The van der Waals surface area contributed by atoms with Gasteiger partial charge in [-0.1, -0.05) is 11.6 Å². The van der Waals surface area contributed by atoms with Crippen molar-refractivity contribution in [1.29, 1.82) is 0 Å². The first-order valence-electron chi connectivity index (χ1n) is 7.44. The minimum atomic E-state index is -0.785. The third-order valence-electron chi connectivity index (χ3n) is 4.64. The van der Waals surface area contributed by atoms with Gasteiger partial charge in [-0.3, -0.25) is 14.6 Å². The number of aliphatic imine (C=N–C) groups is 1. The Labute approximate surface area is 138 Å². The maximum absolute atomic E-state index is 12.9. The van der Waals surface area contributed by atoms with Crippen LogP contribution in [0.5, 0.6) is 0 Å². The van der Waals surface area contributed by atoms with Crippen molar-refractivity contribution in [2.24, 2.45) is 10.9 Å². The molecule has 3 aliphatic heterocycles. The monoisotopic (exact) mass is 330 g/mol. The molecule has 23 heavy (non-hydrogen) atoms. The number of allylic oxidation sites excluding steroid dienone is 1. The van der Waals surface area contributed by atoms with E-state index < -0.39 is 17.6 Å². The average Bonchev–Trinajstić information content (AvgIpc) is 2.92. The summed E-state index contributed by atoms with van der Waals surface area (Å²) in [4.78, 5) is 31.2. The molecule has 3 heterocycles. The predicted octanol–water partition coefficient (Wildman–Crippen LogP) is 2.39. The summed E-state index contributed by atoms with van der Waals surface area (Å²) in [6, 6.07) is 6.26. The van der Waals surface area contributed by atoms with Crippen LogP contribution in [0.2, 0.25) is 5.02 Å². The van der Waals surface area contributed by atoms with E-state index in [1.54, 1.807) is 30.5 Å². The molecule has 1 aromatic carbocycles. The normalized spacial score (nSPS) is 35.3. The fourth-order valence-corrected chi connectivity index (χ4v) is 3.81. The van der Waals surface area contributed by atoms with E-state index in [1.165, 1.54) is 4.90 Å². The highest BCUT2D eigenvalue weighted by molar-refractivity contribution is 6.31. The summed E-state index contributed by atoms with van der Waals surface area (Å²) in [5, 5.41) is 0.550. The Balaban J connectivity index is 1.72. The molecule has 0 N–H and O–H groups in total. The fraction of sp³-hybridized carbons (Fsp3) is 0.353. The molecule has 0 aromatic heterocycles. The van der Waals surface area contributed by atoms with Gasteiger partial charge in [0.15, 0.2) is 6.10 Å². The molecule has 5 nitrogen and oxygen atoms in total. The largest absolute Gasteiger partial charge is 0.355 e. The molecule has 1 aromatic rings. The number of halogens is 1. The number of dihydropyridines is 1. The molecule has 0 unspecified atom stereocenters. The first kappa shape index (κ1) is 14.6. The van der Waals surface area contributed by atoms with Crippen molar-refractivity contribution in [2.45, 2.75) is 31.6 Å². The zero-order chi connectivity index (χ0) is 16.4. The van der Waals surface area contributed by atoms with E-state index in [4.69, 9.17) is 16.3 Å². The van der Waals surface area contributed by atoms with Crippen LogP contribution in [-0.4, -0.2) is 35.8 Å². The minimum Gasteiger partial charge on any atom is -0.355 e. The van der Waals surface area contributed by atoms with Gasteiger partial charge in [0.25, 0.3) is 5.91 Å². The number of ether oxygens (including phenoxy) is 1. The van der Waals surface area contributed by atoms with Crippen LogP contribution >= 0.6 is 11.6 Å². The lowest BCUT2D eigenvalue weighted by atomic mass is 9.85. The maximum atomic E-state index is 12.9. The first-order valence-corrected chi connectivity index (χ1v) is 7.82. The van der Waals surface area contributed by atoms with E-state index >= 15 is 0 Å². The van der Waals surface area contributed by atoms with Crippen molar-refractivity contribution < 1.29 is 14.3 Å². The van der Waals surface area contributed by atoms with E-state index in [-0.39, 0.29) is 17.9 Å². The second-order valence-corrected chi connectivity index (χ2v) is 6.78. The van der Waals surface area contributed by atoms with E-state index in [9.17, 15) is 9.59 Å². The molecular weight excluding hydrogens is 316 g/mol. The summed E-state index contributed by atoms with van der Waals surface area (Å²) < 4.78 is 5.98. The Bertz CT molecular complexity index is 771. The topological polar surface area (TPSA) is 59.0 Å². The van der Waals surface area contributed by atoms with Gasteiger partial charge >= 0.3 is 0 Å². The minimum absolute atomic E-state index is 0.263.